The highest BCUT2D eigenvalue weighted by Gasteiger charge is 2.27. The molecule has 1 aliphatic heterocycles. The van der Waals surface area contributed by atoms with Crippen molar-refractivity contribution < 1.29 is 19.4 Å². The van der Waals surface area contributed by atoms with Crippen LogP contribution in [0.1, 0.15) is 24.3 Å². The Morgan fingerprint density at radius 3 is 2.50 bits per heavy atom. The molecule has 1 atom stereocenters. The van der Waals surface area contributed by atoms with E-state index in [9.17, 15) is 9.59 Å². The lowest BCUT2D eigenvalue weighted by Gasteiger charge is -2.30. The number of nitrogens with zero attached hydrogens (tertiary/aromatic N) is 1. The number of urea groups is 1. The molecule has 1 aromatic rings. The number of hydrogen-bond donors (Lipinski definition) is 2. The first-order valence-electron chi connectivity index (χ1n) is 8.01. The summed E-state index contributed by atoms with van der Waals surface area (Å²) in [5, 5.41) is 12.6. The Balaban J connectivity index is 1.86. The largest absolute Gasteiger partial charge is 0.481 e. The van der Waals surface area contributed by atoms with E-state index in [4.69, 9.17) is 21.4 Å². The van der Waals surface area contributed by atoms with Crippen LogP contribution in [0.3, 0.4) is 0 Å². The van der Waals surface area contributed by atoms with Gasteiger partial charge in [0.05, 0.1) is 12.5 Å². The normalized spacial score (nSPS) is 16.7. The number of carboxylic acid groups (broad SMARTS) is 1. The zero-order valence-electron chi connectivity index (χ0n) is 13.7. The minimum Gasteiger partial charge on any atom is -0.481 e. The number of halogens is 1. The van der Waals surface area contributed by atoms with Crippen molar-refractivity contribution in [1.82, 2.24) is 10.2 Å². The quantitative estimate of drug-likeness (QED) is 0.823. The summed E-state index contributed by atoms with van der Waals surface area (Å²) in [5.74, 6) is -1.09. The van der Waals surface area contributed by atoms with Gasteiger partial charge in [0.15, 0.2) is 0 Å². The van der Waals surface area contributed by atoms with Crippen molar-refractivity contribution >= 4 is 23.6 Å². The Hall–Kier alpha value is -1.79. The number of likely N-dealkylation sites (tertiary alicyclic amines) is 1. The standard InChI is InChI=1S/C17H23ClN2O4/c1-24-11-14(12-2-4-15(18)5-3-12)10-19-17(23)20-8-6-13(7-9-20)16(21)22/h2-5,13-14H,6-11H2,1H3,(H,19,23)(H,21,22). The fraction of sp³-hybridized carbons (Fsp3) is 0.529. The summed E-state index contributed by atoms with van der Waals surface area (Å²) in [6.07, 6.45) is 1.00. The fourth-order valence-electron chi connectivity index (χ4n) is 2.86. The Morgan fingerprint density at radius 1 is 1.33 bits per heavy atom. The molecule has 1 fully saturated rings. The van der Waals surface area contributed by atoms with Crippen molar-refractivity contribution in [2.24, 2.45) is 5.92 Å². The van der Waals surface area contributed by atoms with E-state index in [1.807, 2.05) is 24.3 Å². The lowest BCUT2D eigenvalue weighted by atomic mass is 9.97. The van der Waals surface area contributed by atoms with Gasteiger partial charge in [0.2, 0.25) is 0 Å². The number of aliphatic carboxylic acids is 1. The lowest BCUT2D eigenvalue weighted by Crippen LogP contribution is -2.46. The molecule has 1 aliphatic rings. The second kappa shape index (κ2) is 8.89. The Morgan fingerprint density at radius 2 is 1.96 bits per heavy atom. The monoisotopic (exact) mass is 354 g/mol. The number of ether oxygens (including phenoxy) is 1. The molecule has 7 heteroatoms. The Kier molecular flexibility index (Phi) is 6.87. The number of rotatable bonds is 6. The van der Waals surface area contributed by atoms with E-state index in [0.29, 0.717) is 44.1 Å². The van der Waals surface area contributed by atoms with Crippen LogP contribution in [0.5, 0.6) is 0 Å². The molecule has 0 spiro atoms. The molecule has 1 aromatic carbocycles. The smallest absolute Gasteiger partial charge is 0.317 e. The first kappa shape index (κ1) is 18.5. The third kappa shape index (κ3) is 5.11. The molecular weight excluding hydrogens is 332 g/mol. The number of hydrogen-bond acceptors (Lipinski definition) is 3. The summed E-state index contributed by atoms with van der Waals surface area (Å²) in [4.78, 5) is 24.9. The highest BCUT2D eigenvalue weighted by atomic mass is 35.5. The molecule has 2 amide bonds. The van der Waals surface area contributed by atoms with Crippen molar-refractivity contribution in [3.8, 4) is 0 Å². The van der Waals surface area contributed by atoms with Crippen LogP contribution < -0.4 is 5.32 Å². The molecule has 0 aliphatic carbocycles. The van der Waals surface area contributed by atoms with Crippen LogP contribution >= 0.6 is 11.6 Å². The Labute approximate surface area is 146 Å². The molecular formula is C17H23ClN2O4. The third-order valence-corrected chi connectivity index (χ3v) is 4.59. The van der Waals surface area contributed by atoms with Crippen LogP contribution in [-0.2, 0) is 9.53 Å². The van der Waals surface area contributed by atoms with Gasteiger partial charge in [-0.2, -0.15) is 0 Å². The average Bonchev–Trinajstić information content (AvgIpc) is 2.59. The zero-order chi connectivity index (χ0) is 17.5. The van der Waals surface area contributed by atoms with E-state index < -0.39 is 5.97 Å². The predicted molar refractivity (Wildman–Crippen MR) is 91.4 cm³/mol. The molecule has 2 N–H and O–H groups in total. The van der Waals surface area contributed by atoms with Crippen LogP contribution in [-0.4, -0.2) is 55.4 Å². The first-order valence-corrected chi connectivity index (χ1v) is 8.39. The van der Waals surface area contributed by atoms with Crippen LogP contribution in [0.25, 0.3) is 0 Å². The summed E-state index contributed by atoms with van der Waals surface area (Å²) in [5.41, 5.74) is 1.05. The molecule has 0 radical (unpaired) electrons. The highest BCUT2D eigenvalue weighted by molar-refractivity contribution is 6.30. The van der Waals surface area contributed by atoms with Crippen molar-refractivity contribution in [2.75, 3.05) is 33.4 Å². The fourth-order valence-corrected chi connectivity index (χ4v) is 2.99. The van der Waals surface area contributed by atoms with Crippen molar-refractivity contribution in [2.45, 2.75) is 18.8 Å². The van der Waals surface area contributed by atoms with E-state index in [1.54, 1.807) is 12.0 Å². The molecule has 0 bridgehead atoms. The van der Waals surface area contributed by atoms with E-state index in [0.717, 1.165) is 5.56 Å². The van der Waals surface area contributed by atoms with Gasteiger partial charge in [-0.15, -0.1) is 0 Å². The average molecular weight is 355 g/mol. The van der Waals surface area contributed by atoms with Gasteiger partial charge in [-0.3, -0.25) is 4.79 Å². The van der Waals surface area contributed by atoms with Crippen LogP contribution in [0.15, 0.2) is 24.3 Å². The number of carbonyl (C=O) groups excluding carboxylic acids is 1. The molecule has 132 valence electrons. The van der Waals surface area contributed by atoms with Crippen LogP contribution in [0, 0.1) is 5.92 Å². The maximum absolute atomic E-state index is 12.3. The number of carboxylic acids is 1. The summed E-state index contributed by atoms with van der Waals surface area (Å²) in [6, 6.07) is 7.33. The van der Waals surface area contributed by atoms with Gasteiger partial charge in [-0.1, -0.05) is 23.7 Å². The van der Waals surface area contributed by atoms with Crippen molar-refractivity contribution in [1.29, 1.82) is 0 Å². The first-order chi connectivity index (χ1) is 11.5. The molecule has 6 nitrogen and oxygen atoms in total. The van der Waals surface area contributed by atoms with Gasteiger partial charge in [-0.25, -0.2) is 4.79 Å². The number of benzene rings is 1. The summed E-state index contributed by atoms with van der Waals surface area (Å²) < 4.78 is 5.24. The number of carbonyl (C=O) groups is 2. The van der Waals surface area contributed by atoms with Gasteiger partial charge < -0.3 is 20.1 Å². The summed E-state index contributed by atoms with van der Waals surface area (Å²) in [7, 11) is 1.63. The molecule has 1 heterocycles. The Bertz CT molecular complexity index is 556. The van der Waals surface area contributed by atoms with Gasteiger partial charge in [0.1, 0.15) is 0 Å². The highest BCUT2D eigenvalue weighted by Crippen LogP contribution is 2.20. The number of nitrogens with one attached hydrogen (secondary N) is 1. The van der Waals surface area contributed by atoms with E-state index >= 15 is 0 Å². The number of amides is 2. The molecule has 1 unspecified atom stereocenters. The minimum absolute atomic E-state index is 0.0350. The van der Waals surface area contributed by atoms with Gasteiger partial charge in [0.25, 0.3) is 0 Å². The second-order valence-corrected chi connectivity index (χ2v) is 6.43. The second-order valence-electron chi connectivity index (χ2n) is 5.99. The lowest BCUT2D eigenvalue weighted by molar-refractivity contribution is -0.143. The van der Waals surface area contributed by atoms with Crippen LogP contribution in [0.4, 0.5) is 4.79 Å². The van der Waals surface area contributed by atoms with Gasteiger partial charge in [-0.05, 0) is 30.5 Å². The molecule has 0 aromatic heterocycles. The zero-order valence-corrected chi connectivity index (χ0v) is 14.5. The third-order valence-electron chi connectivity index (χ3n) is 4.34. The van der Waals surface area contributed by atoms with Crippen molar-refractivity contribution in [3.63, 3.8) is 0 Å². The topological polar surface area (TPSA) is 78.9 Å². The molecule has 0 saturated carbocycles. The maximum Gasteiger partial charge on any atom is 0.317 e. The van der Waals surface area contributed by atoms with Crippen LogP contribution in [0.2, 0.25) is 5.02 Å². The SMILES string of the molecule is COCC(CNC(=O)N1CCC(C(=O)O)CC1)c1ccc(Cl)cc1. The molecule has 1 saturated heterocycles. The van der Waals surface area contributed by atoms with E-state index in [2.05, 4.69) is 5.32 Å². The van der Waals surface area contributed by atoms with Gasteiger partial charge in [0, 0.05) is 37.7 Å². The molecule has 24 heavy (non-hydrogen) atoms. The van der Waals surface area contributed by atoms with Crippen molar-refractivity contribution in [3.05, 3.63) is 34.9 Å². The van der Waals surface area contributed by atoms with E-state index in [-0.39, 0.29) is 17.9 Å². The number of piperidine rings is 1. The van der Waals surface area contributed by atoms with Gasteiger partial charge >= 0.3 is 12.0 Å². The summed E-state index contributed by atoms with van der Waals surface area (Å²) >= 11 is 5.91. The van der Waals surface area contributed by atoms with E-state index in [1.165, 1.54) is 0 Å². The minimum atomic E-state index is -0.780. The maximum atomic E-state index is 12.3. The molecule has 2 rings (SSSR count). The predicted octanol–water partition coefficient (Wildman–Crippen LogP) is 2.58. The number of methoxy groups -OCH3 is 1. The summed E-state index contributed by atoms with van der Waals surface area (Å²) in [6.45, 7) is 1.88.